The van der Waals surface area contributed by atoms with Crippen LogP contribution in [0.5, 0.6) is 0 Å². The van der Waals surface area contributed by atoms with Crippen LogP contribution < -0.4 is 5.32 Å². The quantitative estimate of drug-likeness (QED) is 0.869. The topological polar surface area (TPSA) is 29.9 Å². The molecule has 1 aromatic heterocycles. The Kier molecular flexibility index (Phi) is 3.87. The summed E-state index contributed by atoms with van der Waals surface area (Å²) in [6.07, 6.45) is 7.79. The number of aromatic nitrogens is 2. The first-order valence-corrected chi connectivity index (χ1v) is 6.90. The molecule has 0 saturated heterocycles. The van der Waals surface area contributed by atoms with Gasteiger partial charge in [0.15, 0.2) is 0 Å². The summed E-state index contributed by atoms with van der Waals surface area (Å²) >= 11 is 0. The van der Waals surface area contributed by atoms with Gasteiger partial charge in [0.2, 0.25) is 0 Å². The molecule has 0 aromatic carbocycles. The van der Waals surface area contributed by atoms with E-state index in [1.165, 1.54) is 43.5 Å². The van der Waals surface area contributed by atoms with Crippen LogP contribution >= 0.6 is 0 Å². The molecule has 1 aromatic rings. The van der Waals surface area contributed by atoms with Gasteiger partial charge in [-0.3, -0.25) is 4.68 Å². The molecule has 0 atom stereocenters. The Labute approximate surface area is 105 Å². The number of hydrogen-bond donors (Lipinski definition) is 1. The van der Waals surface area contributed by atoms with E-state index in [9.17, 15) is 0 Å². The van der Waals surface area contributed by atoms with E-state index in [4.69, 9.17) is 0 Å². The van der Waals surface area contributed by atoms with Gasteiger partial charge in [-0.15, -0.1) is 0 Å². The van der Waals surface area contributed by atoms with Crippen molar-refractivity contribution in [1.29, 1.82) is 0 Å². The lowest BCUT2D eigenvalue weighted by molar-refractivity contribution is 0.250. The summed E-state index contributed by atoms with van der Waals surface area (Å²) in [4.78, 5) is 0. The van der Waals surface area contributed by atoms with Crippen LogP contribution in [0.2, 0.25) is 0 Å². The first-order chi connectivity index (χ1) is 8.13. The Morgan fingerprint density at radius 1 is 1.35 bits per heavy atom. The Hall–Kier alpha value is -0.830. The predicted octanol–water partition coefficient (Wildman–Crippen LogP) is 2.79. The fourth-order valence-electron chi connectivity index (χ4n) is 2.72. The molecular weight excluding hydrogens is 210 g/mol. The van der Waals surface area contributed by atoms with Gasteiger partial charge >= 0.3 is 0 Å². The van der Waals surface area contributed by atoms with Crippen molar-refractivity contribution < 1.29 is 0 Å². The Morgan fingerprint density at radius 2 is 2.06 bits per heavy atom. The predicted molar refractivity (Wildman–Crippen MR) is 70.9 cm³/mol. The minimum Gasteiger partial charge on any atom is -0.306 e. The van der Waals surface area contributed by atoms with Crippen LogP contribution in [0.1, 0.15) is 57.3 Å². The lowest BCUT2D eigenvalue weighted by Crippen LogP contribution is -2.43. The van der Waals surface area contributed by atoms with Gasteiger partial charge in [0, 0.05) is 19.1 Å². The first-order valence-electron chi connectivity index (χ1n) is 6.90. The second-order valence-electron chi connectivity index (χ2n) is 5.58. The van der Waals surface area contributed by atoms with E-state index in [2.05, 4.69) is 30.3 Å². The SMILES string of the molecule is CCc1cc(CNC2(C)CCCCC2)n(C)n1. The Bertz CT molecular complexity index is 362. The highest BCUT2D eigenvalue weighted by atomic mass is 15.3. The molecule has 1 aliphatic rings. The first kappa shape index (κ1) is 12.6. The molecule has 1 saturated carbocycles. The molecule has 96 valence electrons. The van der Waals surface area contributed by atoms with E-state index in [-0.39, 0.29) is 0 Å². The number of nitrogens with one attached hydrogen (secondary N) is 1. The zero-order valence-electron chi connectivity index (χ0n) is 11.4. The van der Waals surface area contributed by atoms with Crippen LogP contribution in [-0.2, 0) is 20.0 Å². The summed E-state index contributed by atoms with van der Waals surface area (Å²) in [5.41, 5.74) is 2.83. The summed E-state index contributed by atoms with van der Waals surface area (Å²) in [6.45, 7) is 5.46. The second-order valence-corrected chi connectivity index (χ2v) is 5.58. The molecule has 0 amide bonds. The van der Waals surface area contributed by atoms with Gasteiger partial charge in [-0.25, -0.2) is 0 Å². The molecule has 3 heteroatoms. The number of aryl methyl sites for hydroxylation is 2. The van der Waals surface area contributed by atoms with Crippen molar-refractivity contribution in [3.05, 3.63) is 17.5 Å². The van der Waals surface area contributed by atoms with Crippen LogP contribution in [0, 0.1) is 0 Å². The van der Waals surface area contributed by atoms with E-state index in [0.717, 1.165) is 13.0 Å². The molecule has 1 fully saturated rings. The van der Waals surface area contributed by atoms with Gasteiger partial charge in [0.25, 0.3) is 0 Å². The third-order valence-corrected chi connectivity index (χ3v) is 4.04. The largest absolute Gasteiger partial charge is 0.306 e. The van der Waals surface area contributed by atoms with Gasteiger partial charge in [0.05, 0.1) is 11.4 Å². The van der Waals surface area contributed by atoms with Crippen molar-refractivity contribution in [1.82, 2.24) is 15.1 Å². The van der Waals surface area contributed by atoms with Gasteiger partial charge in [-0.05, 0) is 32.3 Å². The van der Waals surface area contributed by atoms with Crippen molar-refractivity contribution in [3.8, 4) is 0 Å². The van der Waals surface area contributed by atoms with Crippen molar-refractivity contribution in [3.63, 3.8) is 0 Å². The van der Waals surface area contributed by atoms with Gasteiger partial charge in [-0.1, -0.05) is 26.2 Å². The van der Waals surface area contributed by atoms with Crippen molar-refractivity contribution >= 4 is 0 Å². The molecule has 1 N–H and O–H groups in total. The monoisotopic (exact) mass is 235 g/mol. The minimum atomic E-state index is 0.342. The van der Waals surface area contributed by atoms with Gasteiger partial charge in [0.1, 0.15) is 0 Å². The minimum absolute atomic E-state index is 0.342. The highest BCUT2D eigenvalue weighted by Crippen LogP contribution is 2.27. The summed E-state index contributed by atoms with van der Waals surface area (Å²) in [5.74, 6) is 0. The fourth-order valence-corrected chi connectivity index (χ4v) is 2.72. The van der Waals surface area contributed by atoms with Crippen LogP contribution in [0.4, 0.5) is 0 Å². The van der Waals surface area contributed by atoms with E-state index in [1.807, 2.05) is 11.7 Å². The lowest BCUT2D eigenvalue weighted by Gasteiger charge is -2.34. The summed E-state index contributed by atoms with van der Waals surface area (Å²) in [6, 6.07) is 2.22. The van der Waals surface area contributed by atoms with E-state index >= 15 is 0 Å². The van der Waals surface area contributed by atoms with Gasteiger partial charge in [-0.2, -0.15) is 5.10 Å². The molecule has 2 rings (SSSR count). The van der Waals surface area contributed by atoms with Gasteiger partial charge < -0.3 is 5.32 Å². The summed E-state index contributed by atoms with van der Waals surface area (Å²) in [5, 5.41) is 8.22. The molecule has 0 bridgehead atoms. The van der Waals surface area contributed by atoms with Crippen molar-refractivity contribution in [2.75, 3.05) is 0 Å². The van der Waals surface area contributed by atoms with E-state index in [1.54, 1.807) is 0 Å². The highest BCUT2D eigenvalue weighted by molar-refractivity contribution is 5.10. The third-order valence-electron chi connectivity index (χ3n) is 4.04. The smallest absolute Gasteiger partial charge is 0.0625 e. The van der Waals surface area contributed by atoms with Crippen LogP contribution in [0.25, 0.3) is 0 Å². The molecule has 0 unspecified atom stereocenters. The molecule has 1 aliphatic carbocycles. The maximum atomic E-state index is 4.49. The number of nitrogens with zero attached hydrogens (tertiary/aromatic N) is 2. The number of rotatable bonds is 4. The lowest BCUT2D eigenvalue weighted by atomic mass is 9.83. The Balaban J connectivity index is 1.94. The number of hydrogen-bond acceptors (Lipinski definition) is 2. The zero-order valence-corrected chi connectivity index (χ0v) is 11.4. The summed E-state index contributed by atoms with van der Waals surface area (Å²) < 4.78 is 2.01. The fraction of sp³-hybridized carbons (Fsp3) is 0.786. The molecular formula is C14H25N3. The van der Waals surface area contributed by atoms with Crippen molar-refractivity contribution in [2.45, 2.75) is 64.5 Å². The standard InChI is InChI=1S/C14H25N3/c1-4-12-10-13(17(3)16-12)11-15-14(2)8-6-5-7-9-14/h10,15H,4-9,11H2,1-3H3. The molecule has 0 aliphatic heterocycles. The molecule has 3 nitrogen and oxygen atoms in total. The van der Waals surface area contributed by atoms with E-state index < -0.39 is 0 Å². The molecule has 1 heterocycles. The maximum absolute atomic E-state index is 4.49. The molecule has 0 spiro atoms. The van der Waals surface area contributed by atoms with Crippen LogP contribution in [-0.4, -0.2) is 15.3 Å². The average molecular weight is 235 g/mol. The highest BCUT2D eigenvalue weighted by Gasteiger charge is 2.26. The Morgan fingerprint density at radius 3 is 2.65 bits per heavy atom. The van der Waals surface area contributed by atoms with Crippen molar-refractivity contribution in [2.24, 2.45) is 7.05 Å². The molecule has 0 radical (unpaired) electrons. The zero-order chi connectivity index (χ0) is 12.3. The normalized spacial score (nSPS) is 19.5. The van der Waals surface area contributed by atoms with Crippen LogP contribution in [0.15, 0.2) is 6.07 Å². The van der Waals surface area contributed by atoms with E-state index in [0.29, 0.717) is 5.54 Å². The third kappa shape index (κ3) is 3.09. The summed E-state index contributed by atoms with van der Waals surface area (Å²) in [7, 11) is 2.04. The molecule has 17 heavy (non-hydrogen) atoms. The second kappa shape index (κ2) is 5.21. The average Bonchev–Trinajstić information content (AvgIpc) is 2.69. The maximum Gasteiger partial charge on any atom is 0.0625 e. The van der Waals surface area contributed by atoms with Crippen LogP contribution in [0.3, 0.4) is 0 Å².